The highest BCUT2D eigenvalue weighted by atomic mass is 16.9. The number of carbonyl (C=O) groups excluding carboxylic acids is 1. The van der Waals surface area contributed by atoms with Crippen LogP contribution in [0.1, 0.15) is 70.4 Å². The van der Waals surface area contributed by atoms with Crippen molar-refractivity contribution in [2.75, 3.05) is 13.2 Å². The van der Waals surface area contributed by atoms with Gasteiger partial charge < -0.3 is 19.8 Å². The zero-order chi connectivity index (χ0) is 24.1. The first kappa shape index (κ1) is 25.2. The van der Waals surface area contributed by atoms with Gasteiger partial charge >= 0.3 is 5.97 Å². The van der Waals surface area contributed by atoms with Crippen molar-refractivity contribution in [3.8, 4) is 11.5 Å². The van der Waals surface area contributed by atoms with Crippen LogP contribution in [0.4, 0.5) is 0 Å². The summed E-state index contributed by atoms with van der Waals surface area (Å²) in [4.78, 5) is 27.4. The molecule has 2 atom stereocenters. The number of rotatable bonds is 10. The fourth-order valence-corrected chi connectivity index (χ4v) is 4.20. The summed E-state index contributed by atoms with van der Waals surface area (Å²) >= 11 is 0. The van der Waals surface area contributed by atoms with Crippen LogP contribution in [0, 0.1) is 16.0 Å². The number of allylic oxidation sites excluding steroid dienone is 3. The first-order chi connectivity index (χ1) is 14.9. The molecule has 176 valence electrons. The van der Waals surface area contributed by atoms with E-state index in [0.29, 0.717) is 24.0 Å². The van der Waals surface area contributed by atoms with Gasteiger partial charge in [0.2, 0.25) is 0 Å². The fourth-order valence-electron chi connectivity index (χ4n) is 4.20. The molecule has 2 N–H and O–H groups in total. The molecule has 0 aliphatic heterocycles. The van der Waals surface area contributed by atoms with Crippen molar-refractivity contribution in [1.82, 2.24) is 0 Å². The molecule has 0 radical (unpaired) electrons. The monoisotopic (exact) mass is 447 g/mol. The van der Waals surface area contributed by atoms with Gasteiger partial charge in [0.05, 0.1) is 18.6 Å². The SMILES string of the molecule is C=C(C)[C@@H]1CCC(C)=C[C@H]1c1c(O)cc(O)cc1C(C)(C)C(=O)OCCCCO[N+](=O)[O-]. The second kappa shape index (κ2) is 10.5. The summed E-state index contributed by atoms with van der Waals surface area (Å²) in [6.45, 7) is 11.5. The summed E-state index contributed by atoms with van der Waals surface area (Å²) < 4.78 is 5.43. The molecule has 0 unspecified atom stereocenters. The summed E-state index contributed by atoms with van der Waals surface area (Å²) in [6.07, 6.45) is 4.72. The lowest BCUT2D eigenvalue weighted by molar-refractivity contribution is -0.757. The number of unbranched alkanes of at least 4 members (excludes halogenated alkanes) is 1. The number of phenols is 2. The Bertz CT molecular complexity index is 904. The second-order valence-corrected chi connectivity index (χ2v) is 8.98. The minimum absolute atomic E-state index is 0.0613. The Hall–Kier alpha value is -3.03. The van der Waals surface area contributed by atoms with Gasteiger partial charge in [-0.3, -0.25) is 4.79 Å². The summed E-state index contributed by atoms with van der Waals surface area (Å²) in [5, 5.41) is 30.3. The van der Waals surface area contributed by atoms with E-state index in [4.69, 9.17) is 4.74 Å². The molecule has 0 spiro atoms. The fraction of sp³-hybridized carbons (Fsp3) is 0.542. The van der Waals surface area contributed by atoms with Gasteiger partial charge in [0.25, 0.3) is 5.09 Å². The molecule has 2 rings (SSSR count). The minimum atomic E-state index is -1.15. The molecule has 8 nitrogen and oxygen atoms in total. The second-order valence-electron chi connectivity index (χ2n) is 8.98. The molecule has 0 fully saturated rings. The van der Waals surface area contributed by atoms with E-state index in [1.54, 1.807) is 13.8 Å². The normalized spacial score (nSPS) is 18.6. The van der Waals surface area contributed by atoms with Crippen LogP contribution in [0.2, 0.25) is 0 Å². The van der Waals surface area contributed by atoms with E-state index in [-0.39, 0.29) is 36.5 Å². The number of hydrogen-bond donors (Lipinski definition) is 2. The maximum atomic E-state index is 13.0. The van der Waals surface area contributed by atoms with Crippen LogP contribution in [0.3, 0.4) is 0 Å². The molecule has 8 heteroatoms. The van der Waals surface area contributed by atoms with Gasteiger partial charge in [0, 0.05) is 17.5 Å². The molecule has 0 heterocycles. The Morgan fingerprint density at radius 1 is 1.28 bits per heavy atom. The molecular formula is C24H33NO7. The van der Waals surface area contributed by atoms with Crippen molar-refractivity contribution < 1.29 is 29.7 Å². The maximum Gasteiger partial charge on any atom is 0.315 e. The Morgan fingerprint density at radius 2 is 1.94 bits per heavy atom. The Balaban J connectivity index is 2.31. The van der Waals surface area contributed by atoms with E-state index in [1.807, 2.05) is 13.8 Å². The molecule has 0 aromatic heterocycles. The zero-order valence-corrected chi connectivity index (χ0v) is 19.2. The van der Waals surface area contributed by atoms with Crippen LogP contribution in [0.5, 0.6) is 11.5 Å². The predicted octanol–water partition coefficient (Wildman–Crippen LogP) is 4.92. The van der Waals surface area contributed by atoms with Gasteiger partial charge in [0.15, 0.2) is 0 Å². The molecular weight excluding hydrogens is 414 g/mol. The van der Waals surface area contributed by atoms with Crippen LogP contribution < -0.4 is 0 Å². The minimum Gasteiger partial charge on any atom is -0.508 e. The number of ether oxygens (including phenoxy) is 1. The average Bonchev–Trinajstić information content (AvgIpc) is 2.69. The Morgan fingerprint density at radius 3 is 2.56 bits per heavy atom. The van der Waals surface area contributed by atoms with Gasteiger partial charge in [-0.2, -0.15) is 0 Å². The summed E-state index contributed by atoms with van der Waals surface area (Å²) in [7, 11) is 0. The van der Waals surface area contributed by atoms with Gasteiger partial charge in [-0.25, -0.2) is 0 Å². The zero-order valence-electron chi connectivity index (χ0n) is 19.2. The highest BCUT2D eigenvalue weighted by molar-refractivity contribution is 5.83. The van der Waals surface area contributed by atoms with Crippen molar-refractivity contribution in [2.45, 2.75) is 64.7 Å². The third-order valence-corrected chi connectivity index (χ3v) is 6.01. The molecule has 1 aromatic carbocycles. The van der Waals surface area contributed by atoms with Crippen molar-refractivity contribution in [3.05, 3.63) is 57.2 Å². The molecule has 1 aliphatic carbocycles. The highest BCUT2D eigenvalue weighted by Crippen LogP contribution is 2.47. The number of nitrogens with zero attached hydrogens (tertiary/aromatic N) is 1. The average molecular weight is 448 g/mol. The Labute approximate surface area is 188 Å². The quantitative estimate of drug-likeness (QED) is 0.172. The molecule has 1 aliphatic rings. The number of phenolic OH excluding ortho intramolecular Hbond substituents is 2. The van der Waals surface area contributed by atoms with Gasteiger partial charge in [-0.1, -0.05) is 23.8 Å². The van der Waals surface area contributed by atoms with E-state index in [0.717, 1.165) is 18.4 Å². The molecule has 0 saturated carbocycles. The van der Waals surface area contributed by atoms with E-state index in [9.17, 15) is 25.1 Å². The first-order valence-corrected chi connectivity index (χ1v) is 10.8. The van der Waals surface area contributed by atoms with Crippen molar-refractivity contribution >= 4 is 5.97 Å². The van der Waals surface area contributed by atoms with E-state index in [1.165, 1.54) is 17.7 Å². The van der Waals surface area contributed by atoms with E-state index >= 15 is 0 Å². The molecule has 32 heavy (non-hydrogen) atoms. The number of aromatic hydroxyl groups is 2. The van der Waals surface area contributed by atoms with Gasteiger partial charge in [0.1, 0.15) is 11.5 Å². The van der Waals surface area contributed by atoms with Crippen molar-refractivity contribution in [3.63, 3.8) is 0 Å². The van der Waals surface area contributed by atoms with Crippen LogP contribution >= 0.6 is 0 Å². The molecule has 0 bridgehead atoms. The standard InChI is InChI=1S/C24H33NO7/c1-15(2)18-9-8-16(3)12-19(18)22-20(13-17(26)14-21(22)27)24(4,5)23(28)31-10-6-7-11-32-25(29)30/h12-14,18-19,26-27H,1,6-11H2,2-5H3/t18-,19+/m0/s1. The summed E-state index contributed by atoms with van der Waals surface area (Å²) in [6, 6.07) is 2.80. The molecule has 1 aromatic rings. The van der Waals surface area contributed by atoms with Crippen molar-refractivity contribution in [2.24, 2.45) is 5.92 Å². The predicted molar refractivity (Wildman–Crippen MR) is 120 cm³/mol. The number of carbonyl (C=O) groups is 1. The highest BCUT2D eigenvalue weighted by Gasteiger charge is 2.39. The largest absolute Gasteiger partial charge is 0.508 e. The van der Waals surface area contributed by atoms with Crippen LogP contribution in [0.25, 0.3) is 0 Å². The van der Waals surface area contributed by atoms with E-state index < -0.39 is 16.5 Å². The van der Waals surface area contributed by atoms with Crippen LogP contribution in [-0.4, -0.2) is 34.5 Å². The number of hydrogen-bond acceptors (Lipinski definition) is 7. The lowest BCUT2D eigenvalue weighted by Gasteiger charge is -2.35. The van der Waals surface area contributed by atoms with E-state index in [2.05, 4.69) is 17.5 Å². The van der Waals surface area contributed by atoms with Gasteiger partial charge in [-0.15, -0.1) is 10.1 Å². The lowest BCUT2D eigenvalue weighted by atomic mass is 9.69. The smallest absolute Gasteiger partial charge is 0.315 e. The number of benzene rings is 1. The summed E-state index contributed by atoms with van der Waals surface area (Å²) in [5.41, 5.74) is 2.13. The Kier molecular flexibility index (Phi) is 8.30. The summed E-state index contributed by atoms with van der Waals surface area (Å²) in [5.74, 6) is -0.797. The number of esters is 1. The molecule has 0 saturated heterocycles. The molecule has 0 amide bonds. The lowest BCUT2D eigenvalue weighted by Crippen LogP contribution is -2.33. The van der Waals surface area contributed by atoms with Crippen LogP contribution in [0.15, 0.2) is 35.9 Å². The van der Waals surface area contributed by atoms with Crippen molar-refractivity contribution in [1.29, 1.82) is 0 Å². The van der Waals surface area contributed by atoms with Gasteiger partial charge in [-0.05, 0) is 70.9 Å². The third-order valence-electron chi connectivity index (χ3n) is 6.01. The third kappa shape index (κ3) is 6.02. The topological polar surface area (TPSA) is 119 Å². The first-order valence-electron chi connectivity index (χ1n) is 10.8. The maximum absolute atomic E-state index is 13.0. The van der Waals surface area contributed by atoms with Crippen LogP contribution in [-0.2, 0) is 19.8 Å².